The maximum atomic E-state index is 12.7. The van der Waals surface area contributed by atoms with Gasteiger partial charge in [0.25, 0.3) is 5.56 Å². The Kier molecular flexibility index (Phi) is 8.55. The molecule has 1 aliphatic heterocycles. The maximum absolute atomic E-state index is 12.7. The van der Waals surface area contributed by atoms with Gasteiger partial charge >= 0.3 is 0 Å². The Morgan fingerprint density at radius 1 is 1.26 bits per heavy atom. The molecule has 1 fully saturated rings. The molecular formula is C28H38N4O3. The van der Waals surface area contributed by atoms with Gasteiger partial charge in [0.05, 0.1) is 18.8 Å². The molecule has 35 heavy (non-hydrogen) atoms. The van der Waals surface area contributed by atoms with E-state index in [9.17, 15) is 4.79 Å². The van der Waals surface area contributed by atoms with Crippen molar-refractivity contribution in [3.05, 3.63) is 69.2 Å². The van der Waals surface area contributed by atoms with E-state index in [0.717, 1.165) is 60.1 Å². The molecule has 4 rings (SSSR count). The standard InChI is InChI=1S/C28H38N4O3/c1-4-21(31-17-20-6-8-26-27(16-20)35-13-12-34-26)10-11-30-18-32-25-15-19(3)14-23(24(29)5-2)22(25)7-9-28(32)33/h6-7,9,14-16,21,26,29-31H,4-5,8,10-13,17-18H2,1-3H3. The molecule has 0 spiro atoms. The van der Waals surface area contributed by atoms with Crippen LogP contribution in [0.5, 0.6) is 0 Å². The Morgan fingerprint density at radius 3 is 2.91 bits per heavy atom. The fourth-order valence-electron chi connectivity index (χ4n) is 4.79. The lowest BCUT2D eigenvalue weighted by atomic mass is 9.99. The number of aromatic nitrogens is 1. The Hall–Kier alpha value is -2.74. The van der Waals surface area contributed by atoms with Crippen molar-refractivity contribution in [1.82, 2.24) is 15.2 Å². The van der Waals surface area contributed by atoms with Crippen LogP contribution in [0.1, 0.15) is 50.7 Å². The molecule has 3 N–H and O–H groups in total. The van der Waals surface area contributed by atoms with E-state index < -0.39 is 0 Å². The first-order valence-corrected chi connectivity index (χ1v) is 12.8. The van der Waals surface area contributed by atoms with Crippen molar-refractivity contribution in [2.24, 2.45) is 0 Å². The Labute approximate surface area is 207 Å². The van der Waals surface area contributed by atoms with Gasteiger partial charge in [0.1, 0.15) is 18.5 Å². The summed E-state index contributed by atoms with van der Waals surface area (Å²) in [6.45, 7) is 9.57. The third-order valence-electron chi connectivity index (χ3n) is 6.87. The van der Waals surface area contributed by atoms with Crippen molar-refractivity contribution in [1.29, 1.82) is 5.41 Å². The summed E-state index contributed by atoms with van der Waals surface area (Å²) in [5, 5.41) is 16.4. The van der Waals surface area contributed by atoms with Crippen molar-refractivity contribution in [3.8, 4) is 0 Å². The molecular weight excluding hydrogens is 440 g/mol. The highest BCUT2D eigenvalue weighted by Crippen LogP contribution is 2.24. The van der Waals surface area contributed by atoms with Crippen molar-refractivity contribution < 1.29 is 9.47 Å². The Morgan fingerprint density at radius 2 is 2.11 bits per heavy atom. The number of benzene rings is 1. The van der Waals surface area contributed by atoms with Gasteiger partial charge in [0.15, 0.2) is 0 Å². The van der Waals surface area contributed by atoms with Crippen molar-refractivity contribution in [3.63, 3.8) is 0 Å². The SMILES string of the molecule is CCC(=N)c1cc(C)cc2c1ccc(=O)n2CNCCC(CC)NCC1=CCC2OCCOC2=C1. The lowest BCUT2D eigenvalue weighted by Crippen LogP contribution is -2.35. The highest BCUT2D eigenvalue weighted by molar-refractivity contribution is 6.08. The lowest BCUT2D eigenvalue weighted by Gasteiger charge is -2.29. The van der Waals surface area contributed by atoms with Crippen molar-refractivity contribution >= 4 is 16.6 Å². The quantitative estimate of drug-likeness (QED) is 0.335. The lowest BCUT2D eigenvalue weighted by molar-refractivity contribution is -0.0417. The average Bonchev–Trinajstić information content (AvgIpc) is 2.88. The summed E-state index contributed by atoms with van der Waals surface area (Å²) in [4.78, 5) is 12.7. The number of rotatable bonds is 11. The minimum absolute atomic E-state index is 0.0285. The fourth-order valence-corrected chi connectivity index (χ4v) is 4.79. The first kappa shape index (κ1) is 25.4. The number of nitrogens with zero attached hydrogens (tertiary/aromatic N) is 1. The van der Waals surface area contributed by atoms with Gasteiger partial charge in [-0.3, -0.25) is 14.7 Å². The molecule has 1 aromatic heterocycles. The number of fused-ring (bicyclic) bond motifs is 2. The monoisotopic (exact) mass is 478 g/mol. The first-order chi connectivity index (χ1) is 17.0. The predicted molar refractivity (Wildman–Crippen MR) is 141 cm³/mol. The Balaban J connectivity index is 1.33. The van der Waals surface area contributed by atoms with Gasteiger partial charge in [-0.25, -0.2) is 0 Å². The van der Waals surface area contributed by atoms with Crippen molar-refractivity contribution in [2.75, 3.05) is 26.3 Å². The molecule has 2 aliphatic rings. The van der Waals surface area contributed by atoms with Gasteiger partial charge in [0.2, 0.25) is 0 Å². The van der Waals surface area contributed by atoms with Crippen LogP contribution < -0.4 is 16.2 Å². The number of hydrogen-bond donors (Lipinski definition) is 3. The van der Waals surface area contributed by atoms with Crippen LogP contribution in [0.4, 0.5) is 0 Å². The third-order valence-corrected chi connectivity index (χ3v) is 6.87. The summed E-state index contributed by atoms with van der Waals surface area (Å²) >= 11 is 0. The van der Waals surface area contributed by atoms with Crippen LogP contribution in [-0.2, 0) is 16.1 Å². The molecule has 0 bridgehead atoms. The number of pyridine rings is 1. The highest BCUT2D eigenvalue weighted by Gasteiger charge is 2.23. The van der Waals surface area contributed by atoms with Gasteiger partial charge in [-0.15, -0.1) is 0 Å². The average molecular weight is 479 g/mol. The van der Waals surface area contributed by atoms with E-state index in [1.807, 2.05) is 32.0 Å². The zero-order valence-electron chi connectivity index (χ0n) is 21.2. The Bertz CT molecular complexity index is 1180. The second kappa shape index (κ2) is 11.8. The van der Waals surface area contributed by atoms with Gasteiger partial charge in [-0.2, -0.15) is 0 Å². The van der Waals surface area contributed by atoms with E-state index in [-0.39, 0.29) is 11.7 Å². The molecule has 0 amide bonds. The third kappa shape index (κ3) is 6.10. The minimum atomic E-state index is -0.0285. The topological polar surface area (TPSA) is 88.4 Å². The summed E-state index contributed by atoms with van der Waals surface area (Å²) in [5.74, 6) is 0.957. The zero-order valence-corrected chi connectivity index (χ0v) is 21.2. The molecule has 2 atom stereocenters. The van der Waals surface area contributed by atoms with Crippen LogP contribution in [0.15, 0.2) is 52.5 Å². The largest absolute Gasteiger partial charge is 0.493 e. The van der Waals surface area contributed by atoms with Crippen LogP contribution in [0, 0.1) is 12.3 Å². The molecule has 0 radical (unpaired) electrons. The summed E-state index contributed by atoms with van der Waals surface area (Å²) in [7, 11) is 0. The van der Waals surface area contributed by atoms with Gasteiger partial charge in [-0.05, 0) is 74.6 Å². The maximum Gasteiger partial charge on any atom is 0.252 e. The smallest absolute Gasteiger partial charge is 0.252 e. The van der Waals surface area contributed by atoms with E-state index in [4.69, 9.17) is 14.9 Å². The minimum Gasteiger partial charge on any atom is -0.493 e. The molecule has 2 heterocycles. The van der Waals surface area contributed by atoms with Gasteiger partial charge < -0.3 is 20.2 Å². The molecule has 1 aromatic carbocycles. The van der Waals surface area contributed by atoms with Gasteiger partial charge in [0, 0.05) is 35.3 Å². The molecule has 188 valence electrons. The predicted octanol–water partition coefficient (Wildman–Crippen LogP) is 4.02. The summed E-state index contributed by atoms with van der Waals surface area (Å²) in [6.07, 6.45) is 7.98. The van der Waals surface area contributed by atoms with E-state index in [1.54, 1.807) is 10.6 Å². The summed E-state index contributed by atoms with van der Waals surface area (Å²) in [6, 6.07) is 7.93. The van der Waals surface area contributed by atoms with Crippen LogP contribution in [0.25, 0.3) is 10.9 Å². The number of aryl methyl sites for hydroxylation is 1. The van der Waals surface area contributed by atoms with Gasteiger partial charge in [-0.1, -0.05) is 19.9 Å². The number of ether oxygens (including phenoxy) is 2. The molecule has 0 saturated carbocycles. The molecule has 7 nitrogen and oxygen atoms in total. The van der Waals surface area contributed by atoms with E-state index in [0.29, 0.717) is 38.1 Å². The molecule has 1 saturated heterocycles. The second-order valence-corrected chi connectivity index (χ2v) is 9.38. The first-order valence-electron chi connectivity index (χ1n) is 12.8. The zero-order chi connectivity index (χ0) is 24.8. The fraction of sp³-hybridized carbons (Fsp3) is 0.500. The van der Waals surface area contributed by atoms with E-state index >= 15 is 0 Å². The van der Waals surface area contributed by atoms with Crippen LogP contribution in [0.2, 0.25) is 0 Å². The van der Waals surface area contributed by atoms with E-state index in [1.165, 1.54) is 5.57 Å². The summed E-state index contributed by atoms with van der Waals surface area (Å²) in [5.41, 5.74) is 4.67. The normalized spacial score (nSPS) is 18.4. The van der Waals surface area contributed by atoms with Crippen LogP contribution in [-0.4, -0.2) is 48.7 Å². The molecule has 2 unspecified atom stereocenters. The highest BCUT2D eigenvalue weighted by atomic mass is 16.6. The molecule has 7 heteroatoms. The second-order valence-electron chi connectivity index (χ2n) is 9.38. The van der Waals surface area contributed by atoms with Crippen LogP contribution in [0.3, 0.4) is 0 Å². The molecule has 2 aromatic rings. The number of nitrogens with one attached hydrogen (secondary N) is 3. The number of hydrogen-bond acceptors (Lipinski definition) is 6. The molecule has 1 aliphatic carbocycles. The van der Waals surface area contributed by atoms with E-state index in [2.05, 4.69) is 29.7 Å². The van der Waals surface area contributed by atoms with Crippen LogP contribution >= 0.6 is 0 Å². The summed E-state index contributed by atoms with van der Waals surface area (Å²) < 4.78 is 13.3. The van der Waals surface area contributed by atoms with Crippen molar-refractivity contribution in [2.45, 2.75) is 65.3 Å².